The Morgan fingerprint density at radius 3 is 2.22 bits per heavy atom. The fourth-order valence-electron chi connectivity index (χ4n) is 0.304. The highest BCUT2D eigenvalue weighted by molar-refractivity contribution is 8.28. The summed E-state index contributed by atoms with van der Waals surface area (Å²) < 4.78 is 18.5. The van der Waals surface area contributed by atoms with Crippen LogP contribution in [0.25, 0.3) is 0 Å². The van der Waals surface area contributed by atoms with E-state index < -0.39 is 21.3 Å². The van der Waals surface area contributed by atoms with Gasteiger partial charge in [0, 0.05) is 11.2 Å². The maximum absolute atomic E-state index is 10.3. The monoisotopic (exact) mass is 170 g/mol. The summed E-state index contributed by atoms with van der Waals surface area (Å²) in [4.78, 5) is 9.85. The molecule has 0 radical (unpaired) electrons. The molecule has 7 heteroatoms. The maximum Gasteiger partial charge on any atom is 0.363 e. The van der Waals surface area contributed by atoms with Gasteiger partial charge in [-0.15, -0.1) is 0 Å². The Bertz CT molecular complexity index is 215. The number of carbonyl (C=O) groups is 1. The van der Waals surface area contributed by atoms with E-state index in [0.717, 1.165) is 0 Å². The first-order valence-electron chi connectivity index (χ1n) is 1.85. The van der Waals surface area contributed by atoms with E-state index in [2.05, 4.69) is 19.6 Å². The average Bonchev–Trinajstić information content (AvgIpc) is 1.59. The van der Waals surface area contributed by atoms with Gasteiger partial charge >= 0.3 is 5.97 Å². The first-order valence-corrected chi connectivity index (χ1v) is 4.19. The molecular formula is C2H2O5S2. The molecule has 1 rings (SSSR count). The highest BCUT2D eigenvalue weighted by Gasteiger charge is 2.38. The second-order valence-electron chi connectivity index (χ2n) is 1.27. The normalized spacial score (nSPS) is 41.6. The molecule has 0 bridgehead atoms. The molecule has 5 nitrogen and oxygen atoms in total. The van der Waals surface area contributed by atoms with Crippen molar-refractivity contribution < 1.29 is 22.5 Å². The molecule has 0 aliphatic carbocycles. The molecule has 1 heterocycles. The Kier molecular flexibility index (Phi) is 1.43. The van der Waals surface area contributed by atoms with E-state index in [9.17, 15) is 9.00 Å². The number of carboxylic acids is 1. The molecule has 0 spiro atoms. The van der Waals surface area contributed by atoms with Crippen molar-refractivity contribution >= 4 is 26.2 Å². The highest BCUT2D eigenvalue weighted by Crippen LogP contribution is 2.17. The van der Waals surface area contributed by atoms with Gasteiger partial charge in [-0.1, -0.05) is 0 Å². The molecule has 0 unspecified atom stereocenters. The Labute approximate surface area is 55.7 Å². The molecule has 1 aliphatic heterocycles. The summed E-state index contributed by atoms with van der Waals surface area (Å²) in [6.45, 7) is 0. The zero-order chi connectivity index (χ0) is 7.07. The topological polar surface area (TPSA) is 72.8 Å². The molecule has 0 aromatic rings. The van der Waals surface area contributed by atoms with E-state index in [-0.39, 0.29) is 0 Å². The molecule has 0 aromatic carbocycles. The van der Waals surface area contributed by atoms with Gasteiger partial charge in [-0.05, 0) is 0 Å². The van der Waals surface area contributed by atoms with Crippen molar-refractivity contribution in [3.05, 3.63) is 0 Å². The minimum absolute atomic E-state index is 1.32. The van der Waals surface area contributed by atoms with Gasteiger partial charge in [-0.3, -0.25) is 0 Å². The summed E-state index contributed by atoms with van der Waals surface area (Å²) in [6, 6.07) is 0. The SMILES string of the molecule is O=C(O)C1OS(=O)(=S)O1. The van der Waals surface area contributed by atoms with E-state index in [1.165, 1.54) is 0 Å². The number of aliphatic carboxylic acids is 1. The van der Waals surface area contributed by atoms with Crippen LogP contribution >= 0.6 is 0 Å². The second-order valence-corrected chi connectivity index (χ2v) is 3.70. The smallest absolute Gasteiger partial charge is 0.363 e. The number of carboxylic acid groups (broad SMARTS) is 1. The van der Waals surface area contributed by atoms with E-state index in [0.29, 0.717) is 0 Å². The minimum atomic E-state index is -3.12. The van der Waals surface area contributed by atoms with Crippen LogP contribution in [-0.2, 0) is 33.4 Å². The van der Waals surface area contributed by atoms with Crippen molar-refractivity contribution in [2.75, 3.05) is 0 Å². The third kappa shape index (κ3) is 1.36. The number of hydrogen-bond donors (Lipinski definition) is 1. The van der Waals surface area contributed by atoms with Crippen molar-refractivity contribution in [3.63, 3.8) is 0 Å². The molecule has 52 valence electrons. The summed E-state index contributed by atoms with van der Waals surface area (Å²) >= 11 is 4.09. The zero-order valence-electron chi connectivity index (χ0n) is 3.97. The Morgan fingerprint density at radius 1 is 1.67 bits per heavy atom. The van der Waals surface area contributed by atoms with Crippen LogP contribution in [0.1, 0.15) is 0 Å². The third-order valence-corrected chi connectivity index (χ3v) is 1.90. The summed E-state index contributed by atoms with van der Waals surface area (Å²) in [5.41, 5.74) is 0. The standard InChI is InChI=1S/C2H2O5S2/c3-1(4)2-6-9(5,8)7-2/h2H,(H,3,4). The Balaban J connectivity index is 2.55. The van der Waals surface area contributed by atoms with E-state index >= 15 is 0 Å². The van der Waals surface area contributed by atoms with Gasteiger partial charge in [0.25, 0.3) is 15.3 Å². The van der Waals surface area contributed by atoms with Crippen LogP contribution < -0.4 is 0 Å². The summed E-state index contributed by atoms with van der Waals surface area (Å²) in [5, 5.41) is 8.04. The van der Waals surface area contributed by atoms with Crippen LogP contribution in [0, 0.1) is 0 Å². The van der Waals surface area contributed by atoms with Gasteiger partial charge in [0.15, 0.2) is 0 Å². The zero-order valence-corrected chi connectivity index (χ0v) is 5.61. The Hall–Kier alpha value is -0.240. The van der Waals surface area contributed by atoms with Crippen molar-refractivity contribution in [3.8, 4) is 0 Å². The lowest BCUT2D eigenvalue weighted by molar-refractivity contribution is -0.169. The molecule has 0 amide bonds. The van der Waals surface area contributed by atoms with Crippen molar-refractivity contribution in [1.29, 1.82) is 0 Å². The average molecular weight is 170 g/mol. The fourth-order valence-corrected chi connectivity index (χ4v) is 1.34. The van der Waals surface area contributed by atoms with Crippen LogP contribution in [0.4, 0.5) is 0 Å². The molecule has 1 saturated heterocycles. The summed E-state index contributed by atoms with van der Waals surface area (Å²) in [6.07, 6.45) is -1.44. The maximum atomic E-state index is 10.3. The second kappa shape index (κ2) is 1.87. The summed E-state index contributed by atoms with van der Waals surface area (Å²) in [7, 11) is -3.12. The van der Waals surface area contributed by atoms with E-state index in [1.807, 2.05) is 0 Å². The van der Waals surface area contributed by atoms with Gasteiger partial charge in [-0.2, -0.15) is 4.21 Å². The largest absolute Gasteiger partial charge is 0.477 e. The first-order chi connectivity index (χ1) is 4.01. The lowest BCUT2D eigenvalue weighted by Crippen LogP contribution is -2.41. The summed E-state index contributed by atoms with van der Waals surface area (Å²) in [5.74, 6) is -1.32. The molecular weight excluding hydrogens is 168 g/mol. The van der Waals surface area contributed by atoms with Crippen molar-refractivity contribution in [2.24, 2.45) is 0 Å². The number of rotatable bonds is 1. The van der Waals surface area contributed by atoms with Crippen LogP contribution in [0.2, 0.25) is 0 Å². The van der Waals surface area contributed by atoms with E-state index in [4.69, 9.17) is 5.11 Å². The molecule has 1 fully saturated rings. The molecule has 1 aliphatic rings. The fraction of sp³-hybridized carbons (Fsp3) is 0.500. The minimum Gasteiger partial charge on any atom is -0.477 e. The van der Waals surface area contributed by atoms with Crippen LogP contribution in [0.3, 0.4) is 0 Å². The molecule has 9 heavy (non-hydrogen) atoms. The highest BCUT2D eigenvalue weighted by atomic mass is 32.9. The predicted molar refractivity (Wildman–Crippen MR) is 29.1 cm³/mol. The van der Waals surface area contributed by atoms with Gasteiger partial charge in [-0.25, -0.2) is 13.2 Å². The quantitative estimate of drug-likeness (QED) is 0.545. The van der Waals surface area contributed by atoms with Gasteiger partial charge in [0.2, 0.25) is 0 Å². The van der Waals surface area contributed by atoms with Crippen LogP contribution in [-0.4, -0.2) is 21.6 Å². The molecule has 1 N–H and O–H groups in total. The van der Waals surface area contributed by atoms with Gasteiger partial charge in [0.05, 0.1) is 0 Å². The predicted octanol–water partition coefficient (Wildman–Crippen LogP) is -0.980. The Morgan fingerprint density at radius 2 is 2.11 bits per heavy atom. The first kappa shape index (κ1) is 6.87. The van der Waals surface area contributed by atoms with Crippen LogP contribution in [0.15, 0.2) is 0 Å². The number of hydrogen-bond acceptors (Lipinski definition) is 5. The molecule has 0 saturated carbocycles. The van der Waals surface area contributed by atoms with Gasteiger partial charge < -0.3 is 5.11 Å². The lowest BCUT2D eigenvalue weighted by atomic mass is 10.7. The van der Waals surface area contributed by atoms with Crippen molar-refractivity contribution in [1.82, 2.24) is 0 Å². The van der Waals surface area contributed by atoms with Crippen molar-refractivity contribution in [2.45, 2.75) is 6.29 Å². The third-order valence-electron chi connectivity index (χ3n) is 0.612. The van der Waals surface area contributed by atoms with Gasteiger partial charge in [0.1, 0.15) is 0 Å². The van der Waals surface area contributed by atoms with Crippen LogP contribution in [0.5, 0.6) is 0 Å². The van der Waals surface area contributed by atoms with E-state index in [1.54, 1.807) is 0 Å². The molecule has 0 atom stereocenters. The lowest BCUT2D eigenvalue weighted by Gasteiger charge is -2.23. The molecule has 0 aromatic heterocycles.